The lowest BCUT2D eigenvalue weighted by Gasteiger charge is -2.26. The third-order valence-electron chi connectivity index (χ3n) is 6.75. The van der Waals surface area contributed by atoms with Crippen molar-refractivity contribution in [1.82, 2.24) is 14.8 Å². The number of aromatic amines is 1. The molecule has 34 heavy (non-hydrogen) atoms. The van der Waals surface area contributed by atoms with Gasteiger partial charge in [0.15, 0.2) is 0 Å². The standard InChI is InChI=1S/C26H23BFN3O3/c28-20-5-7-21(8-6-20)31-24-13-18-15-29-30-23(18)14-22(24)25(26(31)17-9-11-34-12-10-17)16-1-3-19(4-2-16)27(32)33/h1-8,13-15,17,32-33H,9-12H2,(H,29,30). The second kappa shape index (κ2) is 8.40. The minimum Gasteiger partial charge on any atom is -0.423 e. The number of benzene rings is 3. The Morgan fingerprint density at radius 1 is 1.00 bits per heavy atom. The fourth-order valence-corrected chi connectivity index (χ4v) is 5.10. The summed E-state index contributed by atoms with van der Waals surface area (Å²) in [6.07, 6.45) is 3.58. The molecule has 0 saturated carbocycles. The maximum atomic E-state index is 13.8. The van der Waals surface area contributed by atoms with Gasteiger partial charge in [-0.3, -0.25) is 5.10 Å². The van der Waals surface area contributed by atoms with Crippen molar-refractivity contribution in [3.8, 4) is 16.8 Å². The van der Waals surface area contributed by atoms with Crippen molar-refractivity contribution < 1.29 is 19.2 Å². The first-order valence-corrected chi connectivity index (χ1v) is 11.4. The molecule has 1 aliphatic heterocycles. The van der Waals surface area contributed by atoms with Crippen LogP contribution in [0.15, 0.2) is 66.9 Å². The second-order valence-electron chi connectivity index (χ2n) is 8.78. The summed E-state index contributed by atoms with van der Waals surface area (Å²) in [7, 11) is -1.52. The third kappa shape index (κ3) is 3.51. The average molecular weight is 455 g/mol. The van der Waals surface area contributed by atoms with Gasteiger partial charge in [-0.1, -0.05) is 24.3 Å². The van der Waals surface area contributed by atoms with E-state index < -0.39 is 7.12 Å². The smallest absolute Gasteiger partial charge is 0.423 e. The van der Waals surface area contributed by atoms with E-state index in [-0.39, 0.29) is 11.7 Å². The van der Waals surface area contributed by atoms with Gasteiger partial charge in [0.2, 0.25) is 0 Å². The van der Waals surface area contributed by atoms with Gasteiger partial charge in [0.05, 0.1) is 17.2 Å². The number of hydrogen-bond donors (Lipinski definition) is 3. The Labute approximate surface area is 195 Å². The van der Waals surface area contributed by atoms with E-state index in [9.17, 15) is 14.4 Å². The van der Waals surface area contributed by atoms with Crippen LogP contribution in [-0.4, -0.2) is 45.1 Å². The van der Waals surface area contributed by atoms with E-state index in [0.29, 0.717) is 18.7 Å². The van der Waals surface area contributed by atoms with Crippen LogP contribution in [0.5, 0.6) is 0 Å². The number of ether oxygens (including phenoxy) is 1. The molecule has 1 saturated heterocycles. The summed E-state index contributed by atoms with van der Waals surface area (Å²) in [6, 6.07) is 18.2. The van der Waals surface area contributed by atoms with Gasteiger partial charge in [-0.2, -0.15) is 5.10 Å². The van der Waals surface area contributed by atoms with Gasteiger partial charge in [-0.05, 0) is 60.3 Å². The summed E-state index contributed by atoms with van der Waals surface area (Å²) in [4.78, 5) is 0. The Morgan fingerprint density at radius 2 is 1.74 bits per heavy atom. The molecule has 0 amide bonds. The fraction of sp³-hybridized carbons (Fsp3) is 0.192. The normalized spacial score (nSPS) is 14.8. The first kappa shape index (κ1) is 21.1. The van der Waals surface area contributed by atoms with E-state index in [1.54, 1.807) is 12.1 Å². The molecule has 8 heteroatoms. The highest BCUT2D eigenvalue weighted by molar-refractivity contribution is 6.58. The second-order valence-corrected chi connectivity index (χ2v) is 8.78. The van der Waals surface area contributed by atoms with Crippen molar-refractivity contribution in [2.24, 2.45) is 0 Å². The van der Waals surface area contributed by atoms with Crippen LogP contribution in [0.3, 0.4) is 0 Å². The van der Waals surface area contributed by atoms with Crippen LogP contribution < -0.4 is 5.46 Å². The largest absolute Gasteiger partial charge is 0.488 e. The topological polar surface area (TPSA) is 83.3 Å². The number of halogens is 1. The molecular formula is C26H23BFN3O3. The molecule has 1 fully saturated rings. The van der Waals surface area contributed by atoms with E-state index in [1.165, 1.54) is 12.1 Å². The lowest BCUT2D eigenvalue weighted by Crippen LogP contribution is -2.29. The van der Waals surface area contributed by atoms with Crippen molar-refractivity contribution in [1.29, 1.82) is 0 Å². The summed E-state index contributed by atoms with van der Waals surface area (Å²) >= 11 is 0. The summed E-state index contributed by atoms with van der Waals surface area (Å²) in [5.41, 5.74) is 6.51. The Hall–Kier alpha value is -3.46. The Kier molecular flexibility index (Phi) is 5.21. The van der Waals surface area contributed by atoms with Gasteiger partial charge in [-0.25, -0.2) is 4.39 Å². The predicted molar refractivity (Wildman–Crippen MR) is 131 cm³/mol. The van der Waals surface area contributed by atoms with Gasteiger partial charge >= 0.3 is 7.12 Å². The number of nitrogens with one attached hydrogen (secondary N) is 1. The zero-order chi connectivity index (χ0) is 23.2. The number of fused-ring (bicyclic) bond motifs is 2. The zero-order valence-corrected chi connectivity index (χ0v) is 18.4. The molecule has 0 aliphatic carbocycles. The van der Waals surface area contributed by atoms with E-state index in [4.69, 9.17) is 4.74 Å². The molecule has 5 aromatic rings. The lowest BCUT2D eigenvalue weighted by atomic mass is 9.79. The van der Waals surface area contributed by atoms with Gasteiger partial charge in [0.25, 0.3) is 0 Å². The van der Waals surface area contributed by atoms with Crippen LogP contribution >= 0.6 is 0 Å². The van der Waals surface area contributed by atoms with Crippen molar-refractivity contribution in [3.63, 3.8) is 0 Å². The first-order chi connectivity index (χ1) is 16.6. The van der Waals surface area contributed by atoms with Crippen molar-refractivity contribution in [2.45, 2.75) is 18.8 Å². The molecular weight excluding hydrogens is 432 g/mol. The monoisotopic (exact) mass is 455 g/mol. The molecule has 0 spiro atoms. The summed E-state index contributed by atoms with van der Waals surface area (Å²) in [6.45, 7) is 1.38. The minimum atomic E-state index is -1.52. The third-order valence-corrected chi connectivity index (χ3v) is 6.75. The zero-order valence-electron chi connectivity index (χ0n) is 18.4. The number of H-pyrrole nitrogens is 1. The Bertz CT molecular complexity index is 1470. The molecule has 0 bridgehead atoms. The quantitative estimate of drug-likeness (QED) is 0.359. The molecule has 3 heterocycles. The average Bonchev–Trinajstić information content (AvgIpc) is 3.45. The van der Waals surface area contributed by atoms with Crippen LogP contribution in [0.25, 0.3) is 38.6 Å². The lowest BCUT2D eigenvalue weighted by molar-refractivity contribution is 0.0843. The van der Waals surface area contributed by atoms with E-state index in [0.717, 1.165) is 57.2 Å². The Balaban J connectivity index is 1.70. The fourth-order valence-electron chi connectivity index (χ4n) is 5.10. The van der Waals surface area contributed by atoms with Crippen LogP contribution in [0.1, 0.15) is 24.5 Å². The van der Waals surface area contributed by atoms with E-state index in [2.05, 4.69) is 26.9 Å². The van der Waals surface area contributed by atoms with Crippen molar-refractivity contribution >= 4 is 34.4 Å². The van der Waals surface area contributed by atoms with Gasteiger partial charge < -0.3 is 19.4 Å². The van der Waals surface area contributed by atoms with Gasteiger partial charge in [0.1, 0.15) is 5.82 Å². The van der Waals surface area contributed by atoms with Crippen LogP contribution in [0, 0.1) is 5.82 Å². The molecule has 0 atom stereocenters. The van der Waals surface area contributed by atoms with E-state index in [1.807, 2.05) is 30.5 Å². The molecule has 6 rings (SSSR count). The van der Waals surface area contributed by atoms with E-state index >= 15 is 0 Å². The molecule has 0 unspecified atom stereocenters. The van der Waals surface area contributed by atoms with Gasteiger partial charge in [0, 0.05) is 46.8 Å². The number of hydrogen-bond acceptors (Lipinski definition) is 4. The first-order valence-electron chi connectivity index (χ1n) is 11.4. The summed E-state index contributed by atoms with van der Waals surface area (Å²) < 4.78 is 21.7. The SMILES string of the molecule is OB(O)c1ccc(-c2c(C3CCOCC3)n(-c3ccc(F)cc3)c3cc4cn[nH]c4cc23)cc1. The maximum Gasteiger partial charge on any atom is 0.488 e. The molecule has 2 aromatic heterocycles. The van der Waals surface area contributed by atoms with Gasteiger partial charge in [-0.15, -0.1) is 0 Å². The minimum absolute atomic E-state index is 0.251. The summed E-state index contributed by atoms with van der Waals surface area (Å²) in [5, 5.41) is 28.5. The van der Waals surface area contributed by atoms with Crippen LogP contribution in [-0.2, 0) is 4.74 Å². The number of nitrogens with zero attached hydrogens (tertiary/aromatic N) is 2. The molecule has 3 aromatic carbocycles. The maximum absolute atomic E-state index is 13.8. The molecule has 6 nitrogen and oxygen atoms in total. The van der Waals surface area contributed by atoms with Crippen molar-refractivity contribution in [3.05, 3.63) is 78.4 Å². The predicted octanol–water partition coefficient (Wildman–Crippen LogP) is 3.89. The highest BCUT2D eigenvalue weighted by Gasteiger charge is 2.28. The molecule has 3 N–H and O–H groups in total. The highest BCUT2D eigenvalue weighted by atomic mass is 19.1. The number of rotatable bonds is 4. The highest BCUT2D eigenvalue weighted by Crippen LogP contribution is 2.44. The van der Waals surface area contributed by atoms with Crippen LogP contribution in [0.4, 0.5) is 4.39 Å². The number of aromatic nitrogens is 3. The molecule has 0 radical (unpaired) electrons. The summed E-state index contributed by atoms with van der Waals surface area (Å²) in [5.74, 6) is -0.0239. The Morgan fingerprint density at radius 3 is 2.44 bits per heavy atom. The van der Waals surface area contributed by atoms with Crippen LogP contribution in [0.2, 0.25) is 0 Å². The molecule has 1 aliphatic rings. The van der Waals surface area contributed by atoms with Crippen molar-refractivity contribution in [2.75, 3.05) is 13.2 Å². The molecule has 170 valence electrons.